The van der Waals surface area contributed by atoms with Gasteiger partial charge in [-0.3, -0.25) is 4.79 Å². The van der Waals surface area contributed by atoms with Gasteiger partial charge in [0.05, 0.1) is 24.3 Å². The van der Waals surface area contributed by atoms with Gasteiger partial charge in [0.2, 0.25) is 5.91 Å². The molecule has 1 N–H and O–H groups in total. The molecule has 1 atom stereocenters. The van der Waals surface area contributed by atoms with Crippen LogP contribution in [-0.4, -0.2) is 27.8 Å². The predicted molar refractivity (Wildman–Crippen MR) is 43.3 cm³/mol. The second-order valence-corrected chi connectivity index (χ2v) is 3.07. The monoisotopic (exact) mass is 165 g/mol. The van der Waals surface area contributed by atoms with E-state index in [1.807, 2.05) is 7.05 Å². The molecular formula is C8H11N3O. The number of hydrogen-bond donors (Lipinski definition) is 1. The molecule has 1 aliphatic heterocycles. The molecule has 4 nitrogen and oxygen atoms in total. The molecule has 2 rings (SSSR count). The lowest BCUT2D eigenvalue weighted by Gasteiger charge is -2.17. The number of nitrogens with zero attached hydrogens (tertiary/aromatic N) is 2. The van der Waals surface area contributed by atoms with Crippen molar-refractivity contribution in [3.05, 3.63) is 18.2 Å². The van der Waals surface area contributed by atoms with E-state index in [-0.39, 0.29) is 11.9 Å². The van der Waals surface area contributed by atoms with Crippen LogP contribution in [0.15, 0.2) is 12.5 Å². The Kier molecular flexibility index (Phi) is 1.60. The summed E-state index contributed by atoms with van der Waals surface area (Å²) < 4.78 is 0. The Morgan fingerprint density at radius 2 is 2.58 bits per heavy atom. The molecular weight excluding hydrogens is 154 g/mol. The van der Waals surface area contributed by atoms with Gasteiger partial charge in [0.1, 0.15) is 0 Å². The first-order chi connectivity index (χ1) is 5.79. The Balaban J connectivity index is 2.21. The van der Waals surface area contributed by atoms with E-state index in [1.54, 1.807) is 17.4 Å². The van der Waals surface area contributed by atoms with Gasteiger partial charge < -0.3 is 9.88 Å². The number of H-pyrrole nitrogens is 1. The first-order valence-electron chi connectivity index (χ1n) is 4.03. The first-order valence-corrected chi connectivity index (χ1v) is 4.03. The number of carbonyl (C=O) groups is 1. The molecule has 1 unspecified atom stereocenters. The fraction of sp³-hybridized carbons (Fsp3) is 0.500. The molecule has 1 saturated heterocycles. The van der Waals surface area contributed by atoms with Gasteiger partial charge in [-0.05, 0) is 6.42 Å². The van der Waals surface area contributed by atoms with Crippen molar-refractivity contribution in [3.8, 4) is 0 Å². The minimum Gasteiger partial charge on any atom is -0.347 e. The van der Waals surface area contributed by atoms with Crippen molar-refractivity contribution in [2.24, 2.45) is 0 Å². The van der Waals surface area contributed by atoms with Crippen molar-refractivity contribution in [1.29, 1.82) is 0 Å². The third-order valence-corrected chi connectivity index (χ3v) is 2.37. The highest BCUT2D eigenvalue weighted by Crippen LogP contribution is 2.29. The van der Waals surface area contributed by atoms with Crippen LogP contribution >= 0.6 is 0 Å². The van der Waals surface area contributed by atoms with Gasteiger partial charge in [-0.25, -0.2) is 4.98 Å². The third kappa shape index (κ3) is 0.995. The second kappa shape index (κ2) is 2.62. The average molecular weight is 165 g/mol. The maximum absolute atomic E-state index is 11.2. The van der Waals surface area contributed by atoms with Gasteiger partial charge in [-0.15, -0.1) is 0 Å². The van der Waals surface area contributed by atoms with Crippen molar-refractivity contribution in [2.45, 2.75) is 18.9 Å². The predicted octanol–water partition coefficient (Wildman–Crippen LogP) is 0.703. The molecule has 1 amide bonds. The molecule has 64 valence electrons. The van der Waals surface area contributed by atoms with E-state index in [1.165, 1.54) is 0 Å². The summed E-state index contributed by atoms with van der Waals surface area (Å²) in [6.45, 7) is 0. The van der Waals surface area contributed by atoms with E-state index < -0.39 is 0 Å². The minimum absolute atomic E-state index is 0.208. The van der Waals surface area contributed by atoms with Crippen LogP contribution in [0.3, 0.4) is 0 Å². The number of aromatic amines is 1. The number of carbonyl (C=O) groups excluding carboxylic acids is 1. The van der Waals surface area contributed by atoms with Crippen molar-refractivity contribution < 1.29 is 4.79 Å². The molecule has 12 heavy (non-hydrogen) atoms. The van der Waals surface area contributed by atoms with Gasteiger partial charge in [-0.1, -0.05) is 0 Å². The summed E-state index contributed by atoms with van der Waals surface area (Å²) >= 11 is 0. The third-order valence-electron chi connectivity index (χ3n) is 2.37. The highest BCUT2D eigenvalue weighted by molar-refractivity contribution is 5.78. The van der Waals surface area contributed by atoms with E-state index in [0.717, 1.165) is 12.1 Å². The zero-order chi connectivity index (χ0) is 8.55. The van der Waals surface area contributed by atoms with Crippen molar-refractivity contribution >= 4 is 5.91 Å². The van der Waals surface area contributed by atoms with Crippen LogP contribution < -0.4 is 0 Å². The Bertz CT molecular complexity index is 281. The summed E-state index contributed by atoms with van der Waals surface area (Å²) in [4.78, 5) is 19.9. The maximum atomic E-state index is 11.2. The molecule has 1 aliphatic rings. The lowest BCUT2D eigenvalue weighted by molar-refractivity contribution is -0.127. The highest BCUT2D eigenvalue weighted by Gasteiger charge is 2.29. The normalized spacial score (nSPS) is 23.6. The molecule has 1 aromatic rings. The van der Waals surface area contributed by atoms with Crippen molar-refractivity contribution in [2.75, 3.05) is 7.05 Å². The standard InChI is InChI=1S/C8H11N3O/c1-11-7(2-3-8(11)12)6-4-9-5-10-6/h4-5,7H,2-3H2,1H3,(H,9,10). The van der Waals surface area contributed by atoms with Crippen LogP contribution in [0.4, 0.5) is 0 Å². The molecule has 0 saturated carbocycles. The Morgan fingerprint density at radius 3 is 3.08 bits per heavy atom. The van der Waals surface area contributed by atoms with Crippen LogP contribution in [0.5, 0.6) is 0 Å². The van der Waals surface area contributed by atoms with E-state index in [4.69, 9.17) is 0 Å². The lowest BCUT2D eigenvalue weighted by atomic mass is 10.2. The van der Waals surface area contributed by atoms with Crippen molar-refractivity contribution in [3.63, 3.8) is 0 Å². The molecule has 0 aliphatic carbocycles. The number of nitrogens with one attached hydrogen (secondary N) is 1. The lowest BCUT2D eigenvalue weighted by Crippen LogP contribution is -2.22. The summed E-state index contributed by atoms with van der Waals surface area (Å²) in [5.74, 6) is 0.217. The highest BCUT2D eigenvalue weighted by atomic mass is 16.2. The second-order valence-electron chi connectivity index (χ2n) is 3.07. The van der Waals surface area contributed by atoms with Crippen LogP contribution in [-0.2, 0) is 4.79 Å². The fourth-order valence-corrected chi connectivity index (χ4v) is 1.62. The zero-order valence-electron chi connectivity index (χ0n) is 6.95. The quantitative estimate of drug-likeness (QED) is 0.666. The number of amides is 1. The van der Waals surface area contributed by atoms with E-state index >= 15 is 0 Å². The molecule has 0 radical (unpaired) electrons. The molecule has 4 heteroatoms. The summed E-state index contributed by atoms with van der Waals surface area (Å²) in [6.07, 6.45) is 4.98. The zero-order valence-corrected chi connectivity index (χ0v) is 6.95. The smallest absolute Gasteiger partial charge is 0.222 e. The van der Waals surface area contributed by atoms with Crippen LogP contribution in [0.25, 0.3) is 0 Å². The first kappa shape index (κ1) is 7.34. The molecule has 1 fully saturated rings. The average Bonchev–Trinajstić information content (AvgIpc) is 2.64. The number of aromatic nitrogens is 2. The van der Waals surface area contributed by atoms with E-state index in [2.05, 4.69) is 9.97 Å². The molecule has 1 aromatic heterocycles. The van der Waals surface area contributed by atoms with Crippen LogP contribution in [0, 0.1) is 0 Å². The Hall–Kier alpha value is -1.32. The minimum atomic E-state index is 0.208. The van der Waals surface area contributed by atoms with Gasteiger partial charge in [0, 0.05) is 13.5 Å². The van der Waals surface area contributed by atoms with E-state index in [0.29, 0.717) is 6.42 Å². The fourth-order valence-electron chi connectivity index (χ4n) is 1.62. The van der Waals surface area contributed by atoms with Gasteiger partial charge in [0.25, 0.3) is 0 Å². The maximum Gasteiger partial charge on any atom is 0.222 e. The van der Waals surface area contributed by atoms with Gasteiger partial charge in [-0.2, -0.15) is 0 Å². The number of rotatable bonds is 1. The van der Waals surface area contributed by atoms with Crippen molar-refractivity contribution in [1.82, 2.24) is 14.9 Å². The molecule has 0 bridgehead atoms. The molecule has 2 heterocycles. The Labute approximate surface area is 70.6 Å². The Morgan fingerprint density at radius 1 is 1.75 bits per heavy atom. The number of likely N-dealkylation sites (tertiary alicyclic amines) is 1. The molecule has 0 aromatic carbocycles. The summed E-state index contributed by atoms with van der Waals surface area (Å²) in [7, 11) is 1.83. The SMILES string of the molecule is CN1C(=O)CCC1c1cnc[nH]1. The van der Waals surface area contributed by atoms with Crippen LogP contribution in [0.2, 0.25) is 0 Å². The van der Waals surface area contributed by atoms with Crippen LogP contribution in [0.1, 0.15) is 24.6 Å². The number of hydrogen-bond acceptors (Lipinski definition) is 2. The molecule has 0 spiro atoms. The summed E-state index contributed by atoms with van der Waals surface area (Å²) in [5, 5.41) is 0. The topological polar surface area (TPSA) is 49.0 Å². The van der Waals surface area contributed by atoms with Gasteiger partial charge >= 0.3 is 0 Å². The summed E-state index contributed by atoms with van der Waals surface area (Å²) in [5.41, 5.74) is 1.03. The number of imidazole rings is 1. The largest absolute Gasteiger partial charge is 0.347 e. The van der Waals surface area contributed by atoms with E-state index in [9.17, 15) is 4.79 Å². The summed E-state index contributed by atoms with van der Waals surface area (Å²) in [6, 6.07) is 0.208. The van der Waals surface area contributed by atoms with Gasteiger partial charge in [0.15, 0.2) is 0 Å².